The molecule has 7 heteroatoms. The van der Waals surface area contributed by atoms with Gasteiger partial charge in [0.25, 0.3) is 5.69 Å². The number of imidazole rings is 1. The number of hydrogen-bond donors (Lipinski definition) is 1. The van der Waals surface area contributed by atoms with Crippen LogP contribution in [0.4, 0.5) is 5.69 Å². The lowest BCUT2D eigenvalue weighted by Gasteiger charge is -2.00. The third kappa shape index (κ3) is 2.98. The number of nitro benzene ring substituents is 1. The smallest absolute Gasteiger partial charge is 0.270 e. The zero-order valence-corrected chi connectivity index (χ0v) is 13.3. The van der Waals surface area contributed by atoms with E-state index in [1.54, 1.807) is 0 Å². The number of nitro groups is 1. The number of fused-ring (bicyclic) bond motifs is 1. The van der Waals surface area contributed by atoms with Crippen LogP contribution in [0.15, 0.2) is 36.4 Å². The SMILES string of the molecule is Cc1ccc2nc(C(C#N)=Cc3cc([N+](=O)[O-])ccc3Cl)[nH]c2c1. The van der Waals surface area contributed by atoms with Crippen LogP contribution >= 0.6 is 11.6 Å². The number of nitrogens with zero attached hydrogens (tertiary/aromatic N) is 3. The van der Waals surface area contributed by atoms with Crippen molar-refractivity contribution in [3.8, 4) is 6.07 Å². The molecule has 0 saturated carbocycles. The highest BCUT2D eigenvalue weighted by Crippen LogP contribution is 2.26. The van der Waals surface area contributed by atoms with Gasteiger partial charge in [0.2, 0.25) is 0 Å². The van der Waals surface area contributed by atoms with E-state index in [9.17, 15) is 15.4 Å². The molecule has 1 heterocycles. The molecule has 0 fully saturated rings. The maximum atomic E-state index is 10.9. The summed E-state index contributed by atoms with van der Waals surface area (Å²) >= 11 is 6.08. The van der Waals surface area contributed by atoms with Crippen LogP contribution < -0.4 is 0 Å². The van der Waals surface area contributed by atoms with E-state index < -0.39 is 4.92 Å². The first-order chi connectivity index (χ1) is 11.5. The van der Waals surface area contributed by atoms with Crippen molar-refractivity contribution >= 4 is 40.0 Å². The highest BCUT2D eigenvalue weighted by Gasteiger charge is 2.12. The molecule has 0 aliphatic rings. The van der Waals surface area contributed by atoms with Crippen LogP contribution in [-0.4, -0.2) is 14.9 Å². The molecule has 24 heavy (non-hydrogen) atoms. The second kappa shape index (κ2) is 6.14. The predicted molar refractivity (Wildman–Crippen MR) is 92.4 cm³/mol. The van der Waals surface area contributed by atoms with Crippen LogP contribution in [0.1, 0.15) is 17.0 Å². The zero-order chi connectivity index (χ0) is 17.3. The van der Waals surface area contributed by atoms with Crippen molar-refractivity contribution in [2.24, 2.45) is 0 Å². The van der Waals surface area contributed by atoms with Gasteiger partial charge in [-0.2, -0.15) is 5.26 Å². The molecule has 3 aromatic rings. The lowest BCUT2D eigenvalue weighted by molar-refractivity contribution is -0.384. The fourth-order valence-electron chi connectivity index (χ4n) is 2.32. The highest BCUT2D eigenvalue weighted by molar-refractivity contribution is 6.32. The number of nitrogens with one attached hydrogen (secondary N) is 1. The molecule has 1 aromatic heterocycles. The van der Waals surface area contributed by atoms with Crippen LogP contribution in [0, 0.1) is 28.4 Å². The Hall–Kier alpha value is -3.17. The Balaban J connectivity index is 2.10. The molecule has 0 unspecified atom stereocenters. The Labute approximate surface area is 142 Å². The largest absolute Gasteiger partial charge is 0.337 e. The van der Waals surface area contributed by atoms with E-state index in [2.05, 4.69) is 16.0 Å². The average Bonchev–Trinajstić information content (AvgIpc) is 2.96. The van der Waals surface area contributed by atoms with Crippen molar-refractivity contribution in [2.75, 3.05) is 0 Å². The third-order valence-electron chi connectivity index (χ3n) is 3.50. The van der Waals surface area contributed by atoms with Crippen LogP contribution in [0.3, 0.4) is 0 Å². The topological polar surface area (TPSA) is 95.6 Å². The molecule has 0 spiro atoms. The van der Waals surface area contributed by atoms with Gasteiger partial charge in [-0.3, -0.25) is 10.1 Å². The lowest BCUT2D eigenvalue weighted by atomic mass is 10.1. The molecule has 118 valence electrons. The van der Waals surface area contributed by atoms with Crippen LogP contribution in [0.2, 0.25) is 5.02 Å². The minimum absolute atomic E-state index is 0.0943. The number of allylic oxidation sites excluding steroid dienone is 1. The highest BCUT2D eigenvalue weighted by atomic mass is 35.5. The van der Waals surface area contributed by atoms with Gasteiger partial charge in [0.15, 0.2) is 0 Å². The summed E-state index contributed by atoms with van der Waals surface area (Å²) in [4.78, 5) is 17.9. The Kier molecular flexibility index (Phi) is 4.02. The molecule has 1 N–H and O–H groups in total. The van der Waals surface area contributed by atoms with E-state index >= 15 is 0 Å². The Bertz CT molecular complexity index is 1030. The molecule has 0 saturated heterocycles. The molecule has 0 aliphatic carbocycles. The molecular weight excluding hydrogens is 328 g/mol. The molecular formula is C17H11ClN4O2. The van der Waals surface area contributed by atoms with E-state index in [-0.39, 0.29) is 11.3 Å². The van der Waals surface area contributed by atoms with Gasteiger partial charge in [-0.1, -0.05) is 17.7 Å². The van der Waals surface area contributed by atoms with E-state index in [0.717, 1.165) is 16.6 Å². The number of aromatic nitrogens is 2. The normalized spacial score (nSPS) is 11.5. The maximum Gasteiger partial charge on any atom is 0.270 e. The molecule has 0 aliphatic heterocycles. The van der Waals surface area contributed by atoms with Crippen molar-refractivity contribution < 1.29 is 4.92 Å². The first kappa shape index (κ1) is 15.7. The maximum absolute atomic E-state index is 10.9. The second-order valence-corrected chi connectivity index (χ2v) is 5.65. The number of H-pyrrole nitrogens is 1. The number of aryl methyl sites for hydroxylation is 1. The van der Waals surface area contributed by atoms with Gasteiger partial charge in [0, 0.05) is 22.7 Å². The van der Waals surface area contributed by atoms with Gasteiger partial charge < -0.3 is 4.98 Å². The standard InChI is InChI=1S/C17H11ClN4O2/c1-10-2-5-15-16(6-10)21-17(20-15)12(9-19)7-11-8-13(22(23)24)3-4-14(11)18/h2-8H,1H3,(H,20,21). The van der Waals surface area contributed by atoms with Gasteiger partial charge in [-0.25, -0.2) is 4.98 Å². The number of aromatic amines is 1. The van der Waals surface area contributed by atoms with E-state index in [4.69, 9.17) is 11.6 Å². The van der Waals surface area contributed by atoms with Crippen LogP contribution in [0.25, 0.3) is 22.7 Å². The summed E-state index contributed by atoms with van der Waals surface area (Å²) in [7, 11) is 0. The van der Waals surface area contributed by atoms with Crippen molar-refractivity contribution in [1.29, 1.82) is 5.26 Å². The fraction of sp³-hybridized carbons (Fsp3) is 0.0588. The number of hydrogen-bond acceptors (Lipinski definition) is 4. The van der Waals surface area contributed by atoms with Crippen LogP contribution in [-0.2, 0) is 0 Å². The minimum atomic E-state index is -0.510. The van der Waals surface area contributed by atoms with Crippen molar-refractivity contribution in [1.82, 2.24) is 9.97 Å². The van der Waals surface area contributed by atoms with E-state index in [1.807, 2.05) is 25.1 Å². The molecule has 6 nitrogen and oxygen atoms in total. The second-order valence-electron chi connectivity index (χ2n) is 5.24. The molecule has 0 radical (unpaired) electrons. The summed E-state index contributed by atoms with van der Waals surface area (Å²) in [5, 5.41) is 20.7. The molecule has 0 atom stereocenters. The summed E-state index contributed by atoms with van der Waals surface area (Å²) < 4.78 is 0. The number of halogens is 1. The first-order valence-electron chi connectivity index (χ1n) is 7.00. The van der Waals surface area contributed by atoms with Crippen molar-refractivity contribution in [3.05, 3.63) is 68.5 Å². The molecule has 2 aromatic carbocycles. The number of nitriles is 1. The fourth-order valence-corrected chi connectivity index (χ4v) is 2.49. The monoisotopic (exact) mass is 338 g/mol. The zero-order valence-electron chi connectivity index (χ0n) is 12.6. The van der Waals surface area contributed by atoms with Gasteiger partial charge >= 0.3 is 0 Å². The third-order valence-corrected chi connectivity index (χ3v) is 3.85. The van der Waals surface area contributed by atoms with Crippen molar-refractivity contribution in [3.63, 3.8) is 0 Å². The van der Waals surface area contributed by atoms with Gasteiger partial charge in [-0.15, -0.1) is 0 Å². The summed E-state index contributed by atoms with van der Waals surface area (Å²) in [6.07, 6.45) is 1.49. The Morgan fingerprint density at radius 2 is 2.17 bits per heavy atom. The Morgan fingerprint density at radius 1 is 1.38 bits per heavy atom. The van der Waals surface area contributed by atoms with Gasteiger partial charge in [-0.05, 0) is 36.8 Å². The predicted octanol–water partition coefficient (Wildman–Crippen LogP) is 4.50. The number of non-ortho nitro benzene ring substituents is 1. The molecule has 0 bridgehead atoms. The quantitative estimate of drug-likeness (QED) is 0.432. The number of benzene rings is 2. The molecule has 3 rings (SSSR count). The Morgan fingerprint density at radius 3 is 2.88 bits per heavy atom. The summed E-state index contributed by atoms with van der Waals surface area (Å²) in [6.45, 7) is 1.96. The summed E-state index contributed by atoms with van der Waals surface area (Å²) in [5.74, 6) is 0.390. The minimum Gasteiger partial charge on any atom is -0.337 e. The summed E-state index contributed by atoms with van der Waals surface area (Å²) in [6, 6.07) is 11.9. The van der Waals surface area contributed by atoms with Gasteiger partial charge in [0.1, 0.15) is 11.9 Å². The molecule has 0 amide bonds. The van der Waals surface area contributed by atoms with E-state index in [1.165, 1.54) is 24.3 Å². The summed E-state index contributed by atoms with van der Waals surface area (Å²) in [5.41, 5.74) is 3.16. The lowest BCUT2D eigenvalue weighted by Crippen LogP contribution is -1.90. The number of rotatable bonds is 3. The van der Waals surface area contributed by atoms with Crippen LogP contribution in [0.5, 0.6) is 0 Å². The van der Waals surface area contributed by atoms with Gasteiger partial charge in [0.05, 0.1) is 21.5 Å². The van der Waals surface area contributed by atoms with Crippen molar-refractivity contribution in [2.45, 2.75) is 6.92 Å². The van der Waals surface area contributed by atoms with E-state index in [0.29, 0.717) is 16.4 Å². The first-order valence-corrected chi connectivity index (χ1v) is 7.38. The average molecular weight is 339 g/mol.